The first-order chi connectivity index (χ1) is 12.9. The average Bonchev–Trinajstić information content (AvgIpc) is 3.14. The molecular weight excluding hydrogens is 352 g/mol. The second-order valence-corrected chi connectivity index (χ2v) is 5.85. The van der Waals surface area contributed by atoms with E-state index in [2.05, 4.69) is 19.2 Å². The van der Waals surface area contributed by atoms with Gasteiger partial charge in [0.25, 0.3) is 5.91 Å². The van der Waals surface area contributed by atoms with Crippen LogP contribution in [-0.2, 0) is 14.3 Å². The quantitative estimate of drug-likeness (QED) is 0.325. The van der Waals surface area contributed by atoms with Crippen molar-refractivity contribution >= 4 is 29.5 Å². The van der Waals surface area contributed by atoms with E-state index < -0.39 is 29.3 Å². The van der Waals surface area contributed by atoms with E-state index in [0.717, 1.165) is 12.5 Å². The van der Waals surface area contributed by atoms with Crippen molar-refractivity contribution in [3.05, 3.63) is 63.9 Å². The van der Waals surface area contributed by atoms with Crippen LogP contribution in [0.3, 0.4) is 0 Å². The van der Waals surface area contributed by atoms with Crippen LogP contribution >= 0.6 is 0 Å². The van der Waals surface area contributed by atoms with Gasteiger partial charge in [-0.05, 0) is 42.2 Å². The number of hydrogen-bond donors (Lipinski definition) is 1. The monoisotopic (exact) mass is 372 g/mol. The van der Waals surface area contributed by atoms with Crippen molar-refractivity contribution < 1.29 is 23.7 Å². The van der Waals surface area contributed by atoms with Crippen LogP contribution in [-0.4, -0.2) is 23.4 Å². The number of amides is 1. The summed E-state index contributed by atoms with van der Waals surface area (Å²) >= 11 is 0. The molecule has 0 aliphatic heterocycles. The molecule has 0 aliphatic rings. The second-order valence-electron chi connectivity index (χ2n) is 5.85. The van der Waals surface area contributed by atoms with Gasteiger partial charge in [0.1, 0.15) is 10.7 Å². The van der Waals surface area contributed by atoms with Crippen molar-refractivity contribution in [1.29, 1.82) is 0 Å². The summed E-state index contributed by atoms with van der Waals surface area (Å²) in [4.78, 5) is 33.3. The predicted molar refractivity (Wildman–Crippen MR) is 99.1 cm³/mol. The zero-order valence-corrected chi connectivity index (χ0v) is 15.0. The maximum Gasteiger partial charge on any atom is 0.433 e. The molecule has 0 unspecified atom stereocenters. The molecule has 1 heterocycles. The first-order valence-electron chi connectivity index (χ1n) is 8.38. The van der Waals surface area contributed by atoms with E-state index in [1.165, 1.54) is 23.8 Å². The van der Waals surface area contributed by atoms with E-state index in [1.807, 2.05) is 12.1 Å². The molecule has 27 heavy (non-hydrogen) atoms. The van der Waals surface area contributed by atoms with E-state index >= 15 is 0 Å². The fourth-order valence-corrected chi connectivity index (χ4v) is 2.19. The Morgan fingerprint density at radius 1 is 1.26 bits per heavy atom. The number of rotatable bonds is 8. The van der Waals surface area contributed by atoms with E-state index in [-0.39, 0.29) is 5.76 Å². The Labute approximate surface area is 156 Å². The highest BCUT2D eigenvalue weighted by Gasteiger charge is 2.11. The largest absolute Gasteiger partial charge is 0.452 e. The van der Waals surface area contributed by atoms with Crippen LogP contribution in [0.5, 0.6) is 0 Å². The van der Waals surface area contributed by atoms with Gasteiger partial charge in [-0.15, -0.1) is 0 Å². The minimum atomic E-state index is -0.767. The minimum Gasteiger partial charge on any atom is -0.452 e. The maximum absolute atomic E-state index is 11.8. The number of nitrogens with zero attached hydrogens (tertiary/aromatic N) is 1. The highest BCUT2D eigenvalue weighted by Crippen LogP contribution is 2.20. The van der Waals surface area contributed by atoms with Gasteiger partial charge in [-0.3, -0.25) is 14.9 Å². The Hall–Kier alpha value is -3.42. The van der Waals surface area contributed by atoms with Gasteiger partial charge in [-0.2, -0.15) is 0 Å². The molecule has 0 fully saturated rings. The van der Waals surface area contributed by atoms with Gasteiger partial charge in [-0.25, -0.2) is 4.79 Å². The molecular formula is C19H20N2O6. The predicted octanol–water partition coefficient (Wildman–Crippen LogP) is 3.90. The van der Waals surface area contributed by atoms with E-state index in [9.17, 15) is 19.7 Å². The van der Waals surface area contributed by atoms with Gasteiger partial charge in [0.05, 0.1) is 6.07 Å². The van der Waals surface area contributed by atoms with E-state index in [0.29, 0.717) is 11.6 Å². The molecule has 2 aromatic rings. The van der Waals surface area contributed by atoms with E-state index in [4.69, 9.17) is 9.15 Å². The first kappa shape index (κ1) is 19.9. The summed E-state index contributed by atoms with van der Waals surface area (Å²) in [5.74, 6) is -1.10. The number of furan rings is 1. The SMILES string of the molecule is CC[C@@H](C)c1ccc(NC(=O)COC(=O)/C=C/c2ccc([N+](=O)[O-])o2)cc1. The Morgan fingerprint density at radius 2 is 1.96 bits per heavy atom. The number of hydrogen-bond acceptors (Lipinski definition) is 6. The number of ether oxygens (including phenoxy) is 1. The third-order valence-electron chi connectivity index (χ3n) is 3.90. The van der Waals surface area contributed by atoms with Gasteiger partial charge >= 0.3 is 11.9 Å². The summed E-state index contributed by atoms with van der Waals surface area (Å²) in [5.41, 5.74) is 1.80. The third-order valence-corrected chi connectivity index (χ3v) is 3.90. The molecule has 142 valence electrons. The van der Waals surface area contributed by atoms with Crippen LogP contribution in [0.25, 0.3) is 6.08 Å². The van der Waals surface area contributed by atoms with Crippen LogP contribution in [0.2, 0.25) is 0 Å². The molecule has 0 radical (unpaired) electrons. The third kappa shape index (κ3) is 6.10. The summed E-state index contributed by atoms with van der Waals surface area (Å²) in [7, 11) is 0. The molecule has 1 amide bonds. The number of anilines is 1. The number of nitro groups is 1. The van der Waals surface area contributed by atoms with Crippen molar-refractivity contribution in [2.75, 3.05) is 11.9 Å². The summed E-state index contributed by atoms with van der Waals surface area (Å²) in [5, 5.41) is 13.1. The molecule has 0 bridgehead atoms. The lowest BCUT2D eigenvalue weighted by molar-refractivity contribution is -0.402. The van der Waals surface area contributed by atoms with Crippen LogP contribution < -0.4 is 5.32 Å². The molecule has 1 aromatic heterocycles. The van der Waals surface area contributed by atoms with Gasteiger partial charge in [0.2, 0.25) is 0 Å². The normalized spacial score (nSPS) is 11.9. The number of esters is 1. The average molecular weight is 372 g/mol. The number of carbonyl (C=O) groups is 2. The molecule has 2 rings (SSSR count). The summed E-state index contributed by atoms with van der Waals surface area (Å²) in [6.45, 7) is 3.78. The smallest absolute Gasteiger partial charge is 0.433 e. The Kier molecular flexibility index (Phi) is 6.87. The molecule has 8 heteroatoms. The molecule has 8 nitrogen and oxygen atoms in total. The van der Waals surface area contributed by atoms with Crippen molar-refractivity contribution in [2.24, 2.45) is 0 Å². The topological polar surface area (TPSA) is 112 Å². The molecule has 0 spiro atoms. The number of carbonyl (C=O) groups excluding carboxylic acids is 2. The maximum atomic E-state index is 11.8. The van der Waals surface area contributed by atoms with E-state index in [1.54, 1.807) is 12.1 Å². The number of nitrogens with one attached hydrogen (secondary N) is 1. The number of benzene rings is 1. The molecule has 0 saturated heterocycles. The fraction of sp³-hybridized carbons (Fsp3) is 0.263. The van der Waals surface area contributed by atoms with Crippen LogP contribution in [0.15, 0.2) is 46.9 Å². The Balaban J connectivity index is 1.79. The van der Waals surface area contributed by atoms with Crippen molar-refractivity contribution in [3.63, 3.8) is 0 Å². The molecule has 1 aromatic carbocycles. The highest BCUT2D eigenvalue weighted by molar-refractivity contribution is 5.94. The Bertz CT molecular complexity index is 838. The fourth-order valence-electron chi connectivity index (χ4n) is 2.19. The minimum absolute atomic E-state index is 0.129. The van der Waals surface area contributed by atoms with Crippen LogP contribution in [0.1, 0.15) is 37.5 Å². The lowest BCUT2D eigenvalue weighted by atomic mass is 9.99. The lowest BCUT2D eigenvalue weighted by Gasteiger charge is -2.10. The standard InChI is InChI=1S/C19H20N2O6/c1-3-13(2)14-4-6-15(7-5-14)20-17(22)12-26-19(23)11-9-16-8-10-18(27-16)21(24)25/h4-11,13H,3,12H2,1-2H3,(H,20,22)/b11-9+/t13-/m1/s1. The molecule has 0 saturated carbocycles. The van der Waals surface area contributed by atoms with Crippen LogP contribution in [0.4, 0.5) is 11.6 Å². The van der Waals surface area contributed by atoms with Crippen LogP contribution in [0, 0.1) is 10.1 Å². The van der Waals surface area contributed by atoms with Gasteiger partial charge in [-0.1, -0.05) is 26.0 Å². The summed E-state index contributed by atoms with van der Waals surface area (Å²) in [6, 6.07) is 10.0. The van der Waals surface area contributed by atoms with Gasteiger partial charge < -0.3 is 14.5 Å². The second kappa shape index (κ2) is 9.33. The molecule has 1 N–H and O–H groups in total. The summed E-state index contributed by atoms with van der Waals surface area (Å²) in [6.07, 6.45) is 3.28. The molecule has 1 atom stereocenters. The summed E-state index contributed by atoms with van der Waals surface area (Å²) < 4.78 is 9.68. The zero-order valence-electron chi connectivity index (χ0n) is 15.0. The Morgan fingerprint density at radius 3 is 2.56 bits per heavy atom. The highest BCUT2D eigenvalue weighted by atomic mass is 16.6. The van der Waals surface area contributed by atoms with Crippen molar-refractivity contribution in [2.45, 2.75) is 26.2 Å². The zero-order chi connectivity index (χ0) is 19.8. The van der Waals surface area contributed by atoms with Crippen molar-refractivity contribution in [3.8, 4) is 0 Å². The lowest BCUT2D eigenvalue weighted by Crippen LogP contribution is -2.20. The first-order valence-corrected chi connectivity index (χ1v) is 8.38. The van der Waals surface area contributed by atoms with Gasteiger partial charge in [0.15, 0.2) is 6.61 Å². The van der Waals surface area contributed by atoms with Crippen molar-refractivity contribution in [1.82, 2.24) is 0 Å². The van der Waals surface area contributed by atoms with Gasteiger partial charge in [0, 0.05) is 11.8 Å². The molecule has 0 aliphatic carbocycles.